The van der Waals surface area contributed by atoms with Crippen LogP contribution in [0.25, 0.3) is 0 Å². The molecule has 0 saturated heterocycles. The Kier molecular flexibility index (Phi) is 2.55. The Hall–Kier alpha value is -0.820. The summed E-state index contributed by atoms with van der Waals surface area (Å²) in [5.74, 6) is 1.88. The Morgan fingerprint density at radius 1 is 1.29 bits per heavy atom. The minimum atomic E-state index is 0.363. The summed E-state index contributed by atoms with van der Waals surface area (Å²) in [5, 5.41) is 3.82. The van der Waals surface area contributed by atoms with E-state index in [0.29, 0.717) is 11.5 Å². The lowest BCUT2D eigenvalue weighted by molar-refractivity contribution is 0.266. The molecule has 0 heterocycles. The number of rotatable bonds is 3. The SMILES string of the molecule is CC1CC1CNC1c2ccccc2CC1(C)C. The number of nitrogens with one attached hydrogen (secondary N) is 1. The van der Waals surface area contributed by atoms with Crippen LogP contribution in [-0.2, 0) is 6.42 Å². The topological polar surface area (TPSA) is 12.0 Å². The maximum atomic E-state index is 3.82. The molecule has 3 unspecified atom stereocenters. The molecule has 1 aromatic rings. The monoisotopic (exact) mass is 229 g/mol. The molecule has 0 bridgehead atoms. The van der Waals surface area contributed by atoms with Gasteiger partial charge in [0, 0.05) is 6.04 Å². The highest BCUT2D eigenvalue weighted by molar-refractivity contribution is 5.37. The van der Waals surface area contributed by atoms with E-state index in [4.69, 9.17) is 0 Å². The Labute approximate surface area is 105 Å². The van der Waals surface area contributed by atoms with Crippen LogP contribution in [0.4, 0.5) is 0 Å². The second-order valence-electron chi connectivity index (χ2n) is 6.68. The first kappa shape index (κ1) is 11.3. The van der Waals surface area contributed by atoms with E-state index in [-0.39, 0.29) is 0 Å². The Bertz CT molecular complexity index is 421. The van der Waals surface area contributed by atoms with Gasteiger partial charge in [-0.2, -0.15) is 0 Å². The first-order valence-corrected chi connectivity index (χ1v) is 6.89. The Balaban J connectivity index is 1.76. The van der Waals surface area contributed by atoms with Gasteiger partial charge in [0.2, 0.25) is 0 Å². The molecule has 1 aromatic carbocycles. The Morgan fingerprint density at radius 3 is 2.71 bits per heavy atom. The minimum absolute atomic E-state index is 0.363. The molecule has 3 atom stereocenters. The predicted octanol–water partition coefficient (Wildman–Crippen LogP) is 3.56. The van der Waals surface area contributed by atoms with Gasteiger partial charge in [-0.25, -0.2) is 0 Å². The van der Waals surface area contributed by atoms with Gasteiger partial charge in [0.25, 0.3) is 0 Å². The summed E-state index contributed by atoms with van der Waals surface area (Å²) in [5.41, 5.74) is 3.44. The maximum Gasteiger partial charge on any atom is 0.0377 e. The Morgan fingerprint density at radius 2 is 2.00 bits per heavy atom. The van der Waals surface area contributed by atoms with Crippen LogP contribution in [-0.4, -0.2) is 6.54 Å². The largest absolute Gasteiger partial charge is 0.309 e. The molecule has 0 amide bonds. The molecule has 1 saturated carbocycles. The predicted molar refractivity (Wildman–Crippen MR) is 71.9 cm³/mol. The highest BCUT2D eigenvalue weighted by Crippen LogP contribution is 2.46. The lowest BCUT2D eigenvalue weighted by Gasteiger charge is -2.28. The van der Waals surface area contributed by atoms with Gasteiger partial charge in [-0.1, -0.05) is 45.0 Å². The molecule has 0 spiro atoms. The van der Waals surface area contributed by atoms with E-state index in [2.05, 4.69) is 50.4 Å². The molecule has 1 fully saturated rings. The van der Waals surface area contributed by atoms with Gasteiger partial charge in [0.05, 0.1) is 0 Å². The van der Waals surface area contributed by atoms with Crippen LogP contribution in [0, 0.1) is 17.3 Å². The number of fused-ring (bicyclic) bond motifs is 1. The summed E-state index contributed by atoms with van der Waals surface area (Å²) < 4.78 is 0. The van der Waals surface area contributed by atoms with Crippen molar-refractivity contribution >= 4 is 0 Å². The van der Waals surface area contributed by atoms with Crippen molar-refractivity contribution in [2.24, 2.45) is 17.3 Å². The zero-order valence-electron chi connectivity index (χ0n) is 11.2. The molecular formula is C16H23N. The van der Waals surface area contributed by atoms with Gasteiger partial charge in [0.15, 0.2) is 0 Å². The molecule has 3 rings (SSSR count). The molecule has 1 N–H and O–H groups in total. The van der Waals surface area contributed by atoms with Crippen molar-refractivity contribution in [1.82, 2.24) is 5.32 Å². The molecule has 2 aliphatic carbocycles. The fourth-order valence-corrected chi connectivity index (χ4v) is 3.33. The second-order valence-corrected chi connectivity index (χ2v) is 6.68. The van der Waals surface area contributed by atoms with Crippen molar-refractivity contribution in [2.75, 3.05) is 6.54 Å². The van der Waals surface area contributed by atoms with E-state index in [1.807, 2.05) is 0 Å². The number of hydrogen-bond acceptors (Lipinski definition) is 1. The van der Waals surface area contributed by atoms with Crippen LogP contribution < -0.4 is 5.32 Å². The third-order valence-electron chi connectivity index (χ3n) is 4.65. The van der Waals surface area contributed by atoms with E-state index in [9.17, 15) is 0 Å². The fourth-order valence-electron chi connectivity index (χ4n) is 3.33. The van der Waals surface area contributed by atoms with Gasteiger partial charge >= 0.3 is 0 Å². The highest BCUT2D eigenvalue weighted by atomic mass is 15.0. The molecule has 0 aliphatic heterocycles. The number of hydrogen-bond donors (Lipinski definition) is 1. The van der Waals surface area contributed by atoms with Crippen molar-refractivity contribution in [3.05, 3.63) is 35.4 Å². The van der Waals surface area contributed by atoms with E-state index < -0.39 is 0 Å². The lowest BCUT2D eigenvalue weighted by atomic mass is 9.85. The van der Waals surface area contributed by atoms with Crippen LogP contribution in [0.1, 0.15) is 44.4 Å². The molecule has 92 valence electrons. The van der Waals surface area contributed by atoms with Crippen molar-refractivity contribution in [3.63, 3.8) is 0 Å². The van der Waals surface area contributed by atoms with Crippen LogP contribution in [0.3, 0.4) is 0 Å². The lowest BCUT2D eigenvalue weighted by Crippen LogP contribution is -2.32. The van der Waals surface area contributed by atoms with Crippen LogP contribution in [0.15, 0.2) is 24.3 Å². The smallest absolute Gasteiger partial charge is 0.0377 e. The molecule has 17 heavy (non-hydrogen) atoms. The molecule has 1 heteroatoms. The normalized spacial score (nSPS) is 33.5. The first-order chi connectivity index (χ1) is 8.08. The molecule has 0 radical (unpaired) electrons. The zero-order valence-corrected chi connectivity index (χ0v) is 11.2. The molecule has 2 aliphatic rings. The van der Waals surface area contributed by atoms with Gasteiger partial charge in [0.1, 0.15) is 0 Å². The van der Waals surface area contributed by atoms with Crippen molar-refractivity contribution in [1.29, 1.82) is 0 Å². The second kappa shape index (κ2) is 3.84. The molecular weight excluding hydrogens is 206 g/mol. The summed E-state index contributed by atoms with van der Waals surface area (Å²) in [6, 6.07) is 9.48. The standard InChI is InChI=1S/C16H23N/c1-11-8-13(11)10-17-15-14-7-5-4-6-12(14)9-16(15,2)3/h4-7,11,13,15,17H,8-10H2,1-3H3. The zero-order chi connectivity index (χ0) is 12.0. The first-order valence-electron chi connectivity index (χ1n) is 6.89. The van der Waals surface area contributed by atoms with Gasteiger partial charge < -0.3 is 5.32 Å². The minimum Gasteiger partial charge on any atom is -0.309 e. The average molecular weight is 229 g/mol. The van der Waals surface area contributed by atoms with Gasteiger partial charge in [-0.15, -0.1) is 0 Å². The summed E-state index contributed by atoms with van der Waals surface area (Å²) in [7, 11) is 0. The molecule has 0 aromatic heterocycles. The van der Waals surface area contributed by atoms with Crippen molar-refractivity contribution < 1.29 is 0 Å². The van der Waals surface area contributed by atoms with Crippen LogP contribution >= 0.6 is 0 Å². The third-order valence-corrected chi connectivity index (χ3v) is 4.65. The number of benzene rings is 1. The molecule has 1 nitrogen and oxygen atoms in total. The van der Waals surface area contributed by atoms with Crippen molar-refractivity contribution in [2.45, 2.75) is 39.7 Å². The van der Waals surface area contributed by atoms with E-state index in [0.717, 1.165) is 11.8 Å². The average Bonchev–Trinajstić information content (AvgIpc) is 2.88. The summed E-state index contributed by atoms with van der Waals surface area (Å²) in [6.45, 7) is 8.34. The summed E-state index contributed by atoms with van der Waals surface area (Å²) >= 11 is 0. The highest BCUT2D eigenvalue weighted by Gasteiger charge is 2.40. The van der Waals surface area contributed by atoms with E-state index >= 15 is 0 Å². The van der Waals surface area contributed by atoms with Crippen LogP contribution in [0.2, 0.25) is 0 Å². The fraction of sp³-hybridized carbons (Fsp3) is 0.625. The summed E-state index contributed by atoms with van der Waals surface area (Å²) in [4.78, 5) is 0. The third kappa shape index (κ3) is 2.01. The van der Waals surface area contributed by atoms with Gasteiger partial charge in [-0.05, 0) is 47.8 Å². The summed E-state index contributed by atoms with van der Waals surface area (Å²) in [6.07, 6.45) is 2.63. The van der Waals surface area contributed by atoms with E-state index in [1.165, 1.54) is 24.9 Å². The quantitative estimate of drug-likeness (QED) is 0.835. The van der Waals surface area contributed by atoms with Crippen molar-refractivity contribution in [3.8, 4) is 0 Å². The van der Waals surface area contributed by atoms with E-state index in [1.54, 1.807) is 5.56 Å². The van der Waals surface area contributed by atoms with Gasteiger partial charge in [-0.3, -0.25) is 0 Å². The van der Waals surface area contributed by atoms with Crippen LogP contribution in [0.5, 0.6) is 0 Å². The maximum absolute atomic E-state index is 3.82.